The van der Waals surface area contributed by atoms with E-state index in [-0.39, 0.29) is 23.6 Å². The molecule has 180 valence electrons. The third-order valence-corrected chi connectivity index (χ3v) is 8.53. The summed E-state index contributed by atoms with van der Waals surface area (Å²) in [5, 5.41) is 19.8. The number of thioether (sulfide) groups is 1. The van der Waals surface area contributed by atoms with Crippen molar-refractivity contribution in [2.45, 2.75) is 88.1 Å². The first-order chi connectivity index (χ1) is 15.8. The molecule has 0 radical (unpaired) electrons. The molecule has 1 saturated heterocycles. The van der Waals surface area contributed by atoms with E-state index in [0.29, 0.717) is 6.42 Å². The summed E-state index contributed by atoms with van der Waals surface area (Å²) in [7, 11) is 0. The number of thiazole rings is 1. The van der Waals surface area contributed by atoms with Gasteiger partial charge in [0.2, 0.25) is 5.91 Å². The number of hydrogen-bond donors (Lipinski definition) is 2. The largest absolute Gasteiger partial charge is 0.476 e. The minimum absolute atomic E-state index is 0.119. The van der Waals surface area contributed by atoms with Gasteiger partial charge in [-0.25, -0.2) is 9.78 Å². The zero-order valence-electron chi connectivity index (χ0n) is 19.6. The van der Waals surface area contributed by atoms with Crippen LogP contribution in [-0.4, -0.2) is 38.9 Å². The van der Waals surface area contributed by atoms with Crippen LogP contribution < -0.4 is 4.90 Å². The van der Waals surface area contributed by atoms with Crippen molar-refractivity contribution in [1.29, 1.82) is 0 Å². The van der Waals surface area contributed by atoms with Crippen molar-refractivity contribution in [2.75, 3.05) is 10.7 Å². The first-order valence-electron chi connectivity index (χ1n) is 11.8. The van der Waals surface area contributed by atoms with E-state index in [1.165, 1.54) is 11.3 Å². The van der Waals surface area contributed by atoms with Crippen molar-refractivity contribution in [1.82, 2.24) is 4.98 Å². The predicted octanol–water partition coefficient (Wildman–Crippen LogP) is 6.26. The topological polar surface area (TPSA) is 90.7 Å². The summed E-state index contributed by atoms with van der Waals surface area (Å²) in [6.07, 6.45) is 5.72. The first-order valence-corrected chi connectivity index (χ1v) is 13.6. The Hall–Kier alpha value is -1.90. The molecule has 0 saturated carbocycles. The average Bonchev–Trinajstić information content (AvgIpc) is 3.38. The minimum atomic E-state index is -0.978. The molecule has 0 spiro atoms. The number of carbonyl (C=O) groups is 2. The fourth-order valence-corrected chi connectivity index (χ4v) is 6.45. The number of carbonyl (C=O) groups excluding carboxylic acids is 1. The normalized spacial score (nSPS) is 17.2. The lowest BCUT2D eigenvalue weighted by atomic mass is 10.0. The van der Waals surface area contributed by atoms with Crippen LogP contribution in [0.15, 0.2) is 28.6 Å². The molecule has 2 heterocycles. The summed E-state index contributed by atoms with van der Waals surface area (Å²) in [5.74, 6) is 0.0466. The summed E-state index contributed by atoms with van der Waals surface area (Å²) >= 11 is 3.02. The van der Waals surface area contributed by atoms with Crippen molar-refractivity contribution in [3.8, 4) is 0 Å². The van der Waals surface area contributed by atoms with E-state index in [4.69, 9.17) is 0 Å². The second kappa shape index (κ2) is 12.0. The molecular formula is C25H34N2O4S2. The highest BCUT2D eigenvalue weighted by Gasteiger charge is 2.32. The Morgan fingerprint density at radius 3 is 2.61 bits per heavy atom. The van der Waals surface area contributed by atoms with Gasteiger partial charge in [0.25, 0.3) is 0 Å². The lowest BCUT2D eigenvalue weighted by Crippen LogP contribution is -2.33. The van der Waals surface area contributed by atoms with Gasteiger partial charge in [0.1, 0.15) is 0 Å². The molecule has 0 bridgehead atoms. The highest BCUT2D eigenvalue weighted by molar-refractivity contribution is 8.01. The second-order valence-corrected chi connectivity index (χ2v) is 11.2. The van der Waals surface area contributed by atoms with Gasteiger partial charge in [-0.2, -0.15) is 0 Å². The number of amides is 1. The molecule has 2 aromatic rings. The molecule has 0 aliphatic carbocycles. The molecule has 2 atom stereocenters. The van der Waals surface area contributed by atoms with Crippen molar-refractivity contribution < 1.29 is 19.8 Å². The van der Waals surface area contributed by atoms with E-state index in [2.05, 4.69) is 11.9 Å². The number of hydrogen-bond acceptors (Lipinski definition) is 6. The summed E-state index contributed by atoms with van der Waals surface area (Å²) in [5.41, 5.74) is 1.93. The Morgan fingerprint density at radius 1 is 1.27 bits per heavy atom. The Bertz CT molecular complexity index is 942. The lowest BCUT2D eigenvalue weighted by Gasteiger charge is -2.25. The van der Waals surface area contributed by atoms with Gasteiger partial charge in [-0.1, -0.05) is 63.9 Å². The van der Waals surface area contributed by atoms with Crippen LogP contribution in [0, 0.1) is 0 Å². The summed E-state index contributed by atoms with van der Waals surface area (Å²) in [6.45, 7) is 6.11. The number of benzene rings is 1. The monoisotopic (exact) mass is 490 g/mol. The molecular weight excluding hydrogens is 456 g/mol. The van der Waals surface area contributed by atoms with Crippen LogP contribution in [0.2, 0.25) is 0 Å². The van der Waals surface area contributed by atoms with Gasteiger partial charge in [0, 0.05) is 28.8 Å². The van der Waals surface area contributed by atoms with Gasteiger partial charge < -0.3 is 15.1 Å². The highest BCUT2D eigenvalue weighted by Crippen LogP contribution is 2.35. The Labute approximate surface area is 204 Å². The molecule has 3 rings (SSSR count). The standard InChI is InChI=1S/C25H34N2O4S2/c1-4-5-6-7-20(28)17-8-10-18(11-9-17)27-19(12-13-21(27)29)14-15-32-25-26-22(24(30)31)23(33-25)16(2)3/h8-11,16,19-20,28H,4-7,12-15H2,1-3H3,(H,30,31)/t19-,20?/m1/s1. The molecule has 8 heteroatoms. The van der Waals surface area contributed by atoms with Gasteiger partial charge in [-0.3, -0.25) is 4.79 Å². The molecule has 1 unspecified atom stereocenters. The van der Waals surface area contributed by atoms with Crippen LogP contribution in [0.4, 0.5) is 5.69 Å². The van der Waals surface area contributed by atoms with Crippen molar-refractivity contribution >= 4 is 40.7 Å². The number of anilines is 1. The fourth-order valence-electron chi connectivity index (χ4n) is 4.18. The Balaban J connectivity index is 1.60. The number of aromatic carboxylic acids is 1. The van der Waals surface area contributed by atoms with E-state index in [9.17, 15) is 19.8 Å². The number of nitrogens with zero attached hydrogens (tertiary/aromatic N) is 2. The van der Waals surface area contributed by atoms with E-state index >= 15 is 0 Å². The maximum atomic E-state index is 12.6. The van der Waals surface area contributed by atoms with Gasteiger partial charge in [0.15, 0.2) is 10.0 Å². The number of aromatic nitrogens is 1. The first kappa shape index (κ1) is 25.7. The van der Waals surface area contributed by atoms with E-state index in [0.717, 1.165) is 64.7 Å². The summed E-state index contributed by atoms with van der Waals surface area (Å²) in [4.78, 5) is 31.1. The third kappa shape index (κ3) is 6.58. The minimum Gasteiger partial charge on any atom is -0.476 e. The number of aliphatic hydroxyl groups is 1. The van der Waals surface area contributed by atoms with Crippen molar-refractivity contribution in [3.05, 3.63) is 40.4 Å². The molecule has 1 amide bonds. The summed E-state index contributed by atoms with van der Waals surface area (Å²) in [6, 6.07) is 7.86. The van der Waals surface area contributed by atoms with E-state index < -0.39 is 12.1 Å². The van der Waals surface area contributed by atoms with Crippen LogP contribution >= 0.6 is 23.1 Å². The van der Waals surface area contributed by atoms with Crippen LogP contribution in [-0.2, 0) is 4.79 Å². The number of carboxylic acid groups (broad SMARTS) is 1. The zero-order chi connectivity index (χ0) is 24.0. The zero-order valence-corrected chi connectivity index (χ0v) is 21.3. The number of carboxylic acids is 1. The molecule has 33 heavy (non-hydrogen) atoms. The van der Waals surface area contributed by atoms with Crippen molar-refractivity contribution in [2.24, 2.45) is 0 Å². The molecule has 1 aromatic heterocycles. The third-order valence-electron chi connectivity index (χ3n) is 6.00. The maximum Gasteiger partial charge on any atom is 0.355 e. The van der Waals surface area contributed by atoms with E-state index in [1.807, 2.05) is 43.0 Å². The van der Waals surface area contributed by atoms with Gasteiger partial charge in [-0.15, -0.1) is 11.3 Å². The second-order valence-electron chi connectivity index (χ2n) is 8.85. The SMILES string of the molecule is CCCCCC(O)c1ccc(N2C(=O)CC[C@@H]2CCSc2nc(C(=O)O)c(C(C)C)s2)cc1. The van der Waals surface area contributed by atoms with Crippen LogP contribution in [0.25, 0.3) is 0 Å². The quantitative estimate of drug-likeness (QED) is 0.270. The van der Waals surface area contributed by atoms with Gasteiger partial charge in [0.05, 0.1) is 6.10 Å². The smallest absolute Gasteiger partial charge is 0.355 e. The predicted molar refractivity (Wildman–Crippen MR) is 135 cm³/mol. The maximum absolute atomic E-state index is 12.6. The fraction of sp³-hybridized carbons (Fsp3) is 0.560. The number of unbranched alkanes of at least 4 members (excludes halogenated alkanes) is 2. The summed E-state index contributed by atoms with van der Waals surface area (Å²) < 4.78 is 0.772. The lowest BCUT2D eigenvalue weighted by molar-refractivity contribution is -0.117. The number of rotatable bonds is 12. The van der Waals surface area contributed by atoms with E-state index in [1.54, 1.807) is 11.8 Å². The highest BCUT2D eigenvalue weighted by atomic mass is 32.2. The van der Waals surface area contributed by atoms with Crippen LogP contribution in [0.1, 0.15) is 98.7 Å². The van der Waals surface area contributed by atoms with Crippen LogP contribution in [0.3, 0.4) is 0 Å². The Morgan fingerprint density at radius 2 is 2.00 bits per heavy atom. The average molecular weight is 491 g/mol. The van der Waals surface area contributed by atoms with Gasteiger partial charge in [-0.05, 0) is 42.9 Å². The van der Waals surface area contributed by atoms with Crippen molar-refractivity contribution in [3.63, 3.8) is 0 Å². The molecule has 1 aromatic carbocycles. The molecule has 1 fully saturated rings. The molecule has 6 nitrogen and oxygen atoms in total. The molecule has 1 aliphatic rings. The molecule has 1 aliphatic heterocycles. The number of aliphatic hydroxyl groups excluding tert-OH is 1. The van der Waals surface area contributed by atoms with Gasteiger partial charge >= 0.3 is 5.97 Å². The Kier molecular flexibility index (Phi) is 9.35. The molecule has 2 N–H and O–H groups in total. The van der Waals surface area contributed by atoms with Crippen LogP contribution in [0.5, 0.6) is 0 Å².